The highest BCUT2D eigenvalue weighted by atomic mass is 35.5. The Morgan fingerprint density at radius 2 is 1.86 bits per heavy atom. The van der Waals surface area contributed by atoms with Gasteiger partial charge in [0.25, 0.3) is 0 Å². The number of nitrogens with two attached hydrogens (primary N) is 1. The van der Waals surface area contributed by atoms with Gasteiger partial charge in [0.2, 0.25) is 0 Å². The normalized spacial score (nSPS) is 9.91. The number of hydrogen-bond donors (Lipinski definition) is 2. The molecule has 2 aromatic rings. The molecule has 0 fully saturated rings. The molecule has 0 aliphatic rings. The minimum absolute atomic E-state index is 0.0109. The van der Waals surface area contributed by atoms with Gasteiger partial charge in [-0.2, -0.15) is 0 Å². The predicted octanol–water partition coefficient (Wildman–Crippen LogP) is 4.81. The average Bonchev–Trinajstić information content (AvgIpc) is 2.50. The summed E-state index contributed by atoms with van der Waals surface area (Å²) in [6, 6.07) is 4.32. The zero-order valence-electron chi connectivity index (χ0n) is 12.2. The number of halogens is 3. The van der Waals surface area contributed by atoms with Crippen molar-refractivity contribution in [3.05, 3.63) is 45.3 Å². The summed E-state index contributed by atoms with van der Waals surface area (Å²) >= 11 is 11.8. The number of carboxylic acids is 1. The summed E-state index contributed by atoms with van der Waals surface area (Å²) in [6.45, 7) is 5.60. The Bertz CT molecular complexity index is 721. The number of rotatable bonds is 2. The Hall–Kier alpha value is -1.85. The van der Waals surface area contributed by atoms with Crippen LogP contribution in [0.15, 0.2) is 18.2 Å². The van der Waals surface area contributed by atoms with Crippen LogP contribution in [0.1, 0.15) is 29.9 Å². The number of benzene rings is 1. The maximum Gasteiger partial charge on any atom is 0.356 e. The van der Waals surface area contributed by atoms with E-state index in [9.17, 15) is 9.18 Å². The lowest BCUT2D eigenvalue weighted by Gasteiger charge is -2.11. The van der Waals surface area contributed by atoms with Gasteiger partial charge in [0, 0.05) is 5.56 Å². The van der Waals surface area contributed by atoms with Gasteiger partial charge in [-0.1, -0.05) is 49.2 Å². The Morgan fingerprint density at radius 1 is 1.27 bits per heavy atom. The van der Waals surface area contributed by atoms with Crippen LogP contribution in [0.4, 0.5) is 10.1 Å². The molecule has 0 saturated carbocycles. The molecule has 0 aliphatic carbocycles. The summed E-state index contributed by atoms with van der Waals surface area (Å²) in [5, 5.41) is 8.78. The van der Waals surface area contributed by atoms with Crippen LogP contribution < -0.4 is 5.73 Å². The van der Waals surface area contributed by atoms with E-state index in [1.165, 1.54) is 12.1 Å². The topological polar surface area (TPSA) is 76.2 Å². The first kappa shape index (κ1) is 18.2. The Morgan fingerprint density at radius 3 is 2.36 bits per heavy atom. The van der Waals surface area contributed by atoms with Gasteiger partial charge in [0.05, 0.1) is 21.4 Å². The summed E-state index contributed by atoms with van der Waals surface area (Å²) in [5.74, 6) is -1.79. The Kier molecular flexibility index (Phi) is 6.14. The first-order valence-corrected chi connectivity index (χ1v) is 7.22. The van der Waals surface area contributed by atoms with Crippen molar-refractivity contribution in [2.45, 2.75) is 20.8 Å². The quantitative estimate of drug-likeness (QED) is 0.819. The average molecular weight is 345 g/mol. The van der Waals surface area contributed by atoms with E-state index >= 15 is 0 Å². The SMILES string of the molecule is CC.Cc1ccc(-c2nc(C(=O)O)c(Cl)c(N)c2Cl)cc1F. The van der Waals surface area contributed by atoms with Gasteiger partial charge in [0.15, 0.2) is 5.69 Å². The third-order valence-electron chi connectivity index (χ3n) is 2.76. The predicted molar refractivity (Wildman–Crippen MR) is 87.1 cm³/mol. The molecule has 1 aromatic heterocycles. The van der Waals surface area contributed by atoms with Gasteiger partial charge in [-0.25, -0.2) is 14.2 Å². The van der Waals surface area contributed by atoms with Gasteiger partial charge in [-0.15, -0.1) is 0 Å². The molecule has 1 aromatic carbocycles. The van der Waals surface area contributed by atoms with Gasteiger partial charge >= 0.3 is 5.97 Å². The van der Waals surface area contributed by atoms with Crippen LogP contribution in [0.25, 0.3) is 11.3 Å². The Balaban J connectivity index is 0.00000116. The van der Waals surface area contributed by atoms with Crippen molar-refractivity contribution in [3.63, 3.8) is 0 Å². The molecule has 0 spiro atoms. The number of hydrogen-bond acceptors (Lipinski definition) is 3. The highest BCUT2D eigenvalue weighted by Gasteiger charge is 2.21. The summed E-state index contributed by atoms with van der Waals surface area (Å²) in [5.41, 5.74) is 5.99. The first-order valence-electron chi connectivity index (χ1n) is 6.47. The smallest absolute Gasteiger partial charge is 0.356 e. The summed E-state index contributed by atoms with van der Waals surface area (Å²) in [6.07, 6.45) is 0. The van der Waals surface area contributed by atoms with Crippen molar-refractivity contribution >= 4 is 34.9 Å². The number of aromatic carboxylic acids is 1. The molecular weight excluding hydrogens is 330 g/mol. The zero-order valence-corrected chi connectivity index (χ0v) is 13.8. The van der Waals surface area contributed by atoms with Crippen molar-refractivity contribution in [1.29, 1.82) is 0 Å². The molecule has 0 radical (unpaired) electrons. The van der Waals surface area contributed by atoms with Crippen molar-refractivity contribution in [3.8, 4) is 11.3 Å². The number of anilines is 1. The highest BCUT2D eigenvalue weighted by Crippen LogP contribution is 2.37. The molecule has 1 heterocycles. The summed E-state index contributed by atoms with van der Waals surface area (Å²) in [4.78, 5) is 14.9. The number of carbonyl (C=O) groups is 1. The molecule has 7 heteroatoms. The molecule has 22 heavy (non-hydrogen) atoms. The van der Waals surface area contributed by atoms with E-state index in [2.05, 4.69) is 4.98 Å². The van der Waals surface area contributed by atoms with Crippen molar-refractivity contribution in [2.75, 3.05) is 5.73 Å². The van der Waals surface area contributed by atoms with E-state index in [1.807, 2.05) is 13.8 Å². The monoisotopic (exact) mass is 344 g/mol. The number of nitrogens with zero attached hydrogens (tertiary/aromatic N) is 1. The fourth-order valence-corrected chi connectivity index (χ4v) is 2.15. The molecule has 0 saturated heterocycles. The summed E-state index contributed by atoms with van der Waals surface area (Å²) in [7, 11) is 0. The second-order valence-electron chi connectivity index (χ2n) is 4.12. The lowest BCUT2D eigenvalue weighted by molar-refractivity contribution is 0.0691. The van der Waals surface area contributed by atoms with Crippen LogP contribution >= 0.6 is 23.2 Å². The maximum atomic E-state index is 13.6. The lowest BCUT2D eigenvalue weighted by Crippen LogP contribution is -2.06. The number of nitrogen functional groups attached to an aromatic ring is 1. The van der Waals surface area contributed by atoms with Crippen LogP contribution in [0.5, 0.6) is 0 Å². The molecule has 4 nitrogen and oxygen atoms in total. The first-order chi connectivity index (χ1) is 10.3. The number of aryl methyl sites for hydroxylation is 1. The minimum Gasteiger partial charge on any atom is -0.476 e. The van der Waals surface area contributed by atoms with Gasteiger partial charge in [0.1, 0.15) is 5.82 Å². The molecular formula is C15H15Cl2FN2O2. The van der Waals surface area contributed by atoms with Crippen LogP contribution in [0, 0.1) is 12.7 Å². The fourth-order valence-electron chi connectivity index (χ4n) is 1.63. The van der Waals surface area contributed by atoms with Crippen molar-refractivity contribution < 1.29 is 14.3 Å². The van der Waals surface area contributed by atoms with Gasteiger partial charge in [-0.05, 0) is 18.6 Å². The standard InChI is InChI=1S/C13H9Cl2FN2O2.C2H6/c1-5-2-3-6(4-7(5)16)11-8(14)10(17)9(15)12(18-11)13(19)20;1-2/h2-4H,1H3,(H2,17,18)(H,19,20);1-2H3. The van der Waals surface area contributed by atoms with Crippen molar-refractivity contribution in [1.82, 2.24) is 4.98 Å². The van der Waals surface area contributed by atoms with E-state index < -0.39 is 17.5 Å². The van der Waals surface area contributed by atoms with Gasteiger partial charge in [-0.3, -0.25) is 0 Å². The zero-order chi connectivity index (χ0) is 17.0. The molecule has 118 valence electrons. The largest absolute Gasteiger partial charge is 0.476 e. The van der Waals surface area contributed by atoms with E-state index in [0.717, 1.165) is 0 Å². The second kappa shape index (κ2) is 7.42. The Labute approximate surface area is 137 Å². The van der Waals surface area contributed by atoms with E-state index in [-0.39, 0.29) is 21.4 Å². The van der Waals surface area contributed by atoms with Crippen LogP contribution in [0.2, 0.25) is 10.0 Å². The van der Waals surface area contributed by atoms with Crippen LogP contribution in [0.3, 0.4) is 0 Å². The maximum absolute atomic E-state index is 13.6. The second-order valence-corrected chi connectivity index (χ2v) is 4.88. The van der Waals surface area contributed by atoms with Gasteiger partial charge < -0.3 is 10.8 Å². The molecule has 0 bridgehead atoms. The third-order valence-corrected chi connectivity index (χ3v) is 3.53. The van der Waals surface area contributed by atoms with E-state index in [1.54, 1.807) is 13.0 Å². The van der Waals surface area contributed by atoms with Crippen LogP contribution in [-0.4, -0.2) is 16.1 Å². The van der Waals surface area contributed by atoms with Crippen LogP contribution in [-0.2, 0) is 0 Å². The number of pyridine rings is 1. The molecule has 3 N–H and O–H groups in total. The van der Waals surface area contributed by atoms with E-state index in [0.29, 0.717) is 11.1 Å². The number of carboxylic acid groups (broad SMARTS) is 1. The minimum atomic E-state index is -1.34. The molecule has 2 rings (SSSR count). The highest BCUT2D eigenvalue weighted by molar-refractivity contribution is 6.41. The molecule has 0 unspecified atom stereocenters. The fraction of sp³-hybridized carbons (Fsp3) is 0.200. The molecule has 0 atom stereocenters. The lowest BCUT2D eigenvalue weighted by atomic mass is 10.1. The number of aromatic nitrogens is 1. The summed E-state index contributed by atoms with van der Waals surface area (Å²) < 4.78 is 13.6. The third kappa shape index (κ3) is 3.48. The van der Waals surface area contributed by atoms with Crippen molar-refractivity contribution in [2.24, 2.45) is 0 Å². The molecule has 0 amide bonds. The molecule has 0 aliphatic heterocycles. The van der Waals surface area contributed by atoms with E-state index in [4.69, 9.17) is 34.0 Å².